The van der Waals surface area contributed by atoms with E-state index in [9.17, 15) is 14.1 Å². The number of carboxylic acids is 1. The molecule has 0 radical (unpaired) electrons. The van der Waals surface area contributed by atoms with Crippen LogP contribution in [0.2, 0.25) is 0 Å². The van der Waals surface area contributed by atoms with Gasteiger partial charge in [-0.1, -0.05) is 42.5 Å². The minimum atomic E-state index is -1.10. The Morgan fingerprint density at radius 3 is 2.52 bits per heavy atom. The molecular formula is C24H31NO3S. The molecule has 1 N–H and O–H groups in total. The standard InChI is InChI=1S/C24H31NO3S/c1-17-9-6-12-22(19(17)3)23(21-11-5-4-8-18(21)2)29(28)15-14-25-13-7-10-20(16-25)24(26)27/h4-6,8-9,11-12,20,23H,7,10,13-16H2,1-3H3,(H,26,27)/t20-,23?,29?/m1/s1. The fourth-order valence-electron chi connectivity index (χ4n) is 4.19. The lowest BCUT2D eigenvalue weighted by molar-refractivity contribution is -0.143. The molecule has 156 valence electrons. The van der Waals surface area contributed by atoms with E-state index in [-0.39, 0.29) is 11.2 Å². The van der Waals surface area contributed by atoms with Gasteiger partial charge in [-0.25, -0.2) is 0 Å². The van der Waals surface area contributed by atoms with Crippen molar-refractivity contribution >= 4 is 16.8 Å². The second kappa shape index (κ2) is 9.68. The Hall–Kier alpha value is -1.98. The molecule has 3 rings (SSSR count). The molecule has 2 aromatic carbocycles. The van der Waals surface area contributed by atoms with Crippen molar-refractivity contribution in [3.05, 3.63) is 70.3 Å². The molecule has 5 heteroatoms. The summed E-state index contributed by atoms with van der Waals surface area (Å²) < 4.78 is 13.6. The molecule has 0 aromatic heterocycles. The number of hydrogen-bond donors (Lipinski definition) is 1. The number of hydrogen-bond acceptors (Lipinski definition) is 3. The highest BCUT2D eigenvalue weighted by molar-refractivity contribution is 7.85. The lowest BCUT2D eigenvalue weighted by atomic mass is 9.95. The van der Waals surface area contributed by atoms with E-state index in [2.05, 4.69) is 49.9 Å². The van der Waals surface area contributed by atoms with Gasteiger partial charge in [0.25, 0.3) is 0 Å². The van der Waals surface area contributed by atoms with Crippen LogP contribution in [0.4, 0.5) is 0 Å². The lowest BCUT2D eigenvalue weighted by Crippen LogP contribution is -2.40. The molecule has 29 heavy (non-hydrogen) atoms. The summed E-state index contributed by atoms with van der Waals surface area (Å²) >= 11 is 0. The topological polar surface area (TPSA) is 57.6 Å². The molecule has 0 spiro atoms. The summed E-state index contributed by atoms with van der Waals surface area (Å²) in [4.78, 5) is 13.5. The zero-order valence-corrected chi connectivity index (χ0v) is 18.4. The van der Waals surface area contributed by atoms with Crippen LogP contribution in [0.25, 0.3) is 0 Å². The van der Waals surface area contributed by atoms with Gasteiger partial charge in [0, 0.05) is 29.6 Å². The SMILES string of the molecule is Cc1ccccc1C(c1cccc(C)c1C)S(=O)CCN1CCC[C@@H](C(=O)O)C1. The van der Waals surface area contributed by atoms with Gasteiger partial charge in [0.05, 0.1) is 11.2 Å². The van der Waals surface area contributed by atoms with Crippen molar-refractivity contribution in [2.45, 2.75) is 38.9 Å². The summed E-state index contributed by atoms with van der Waals surface area (Å²) in [5, 5.41) is 9.15. The zero-order chi connectivity index (χ0) is 21.0. The highest BCUT2D eigenvalue weighted by Crippen LogP contribution is 2.33. The summed E-state index contributed by atoms with van der Waals surface area (Å²) in [6.45, 7) is 8.40. The van der Waals surface area contributed by atoms with Crippen molar-refractivity contribution in [3.8, 4) is 0 Å². The van der Waals surface area contributed by atoms with Crippen LogP contribution >= 0.6 is 0 Å². The molecule has 1 saturated heterocycles. The maximum atomic E-state index is 13.6. The fourth-order valence-corrected chi connectivity index (χ4v) is 5.95. The molecule has 0 saturated carbocycles. The van der Waals surface area contributed by atoms with E-state index in [4.69, 9.17) is 0 Å². The van der Waals surface area contributed by atoms with Gasteiger partial charge >= 0.3 is 5.97 Å². The first-order chi connectivity index (χ1) is 13.9. The Bertz CT molecular complexity index is 895. The van der Waals surface area contributed by atoms with Crippen LogP contribution in [-0.2, 0) is 15.6 Å². The quantitative estimate of drug-likeness (QED) is 0.737. The van der Waals surface area contributed by atoms with Crippen LogP contribution in [-0.4, -0.2) is 45.6 Å². The molecule has 0 bridgehead atoms. The monoisotopic (exact) mass is 413 g/mol. The summed E-state index contributed by atoms with van der Waals surface area (Å²) in [6, 6.07) is 14.4. The molecule has 2 aromatic rings. The van der Waals surface area contributed by atoms with Crippen molar-refractivity contribution in [2.75, 3.05) is 25.4 Å². The van der Waals surface area contributed by atoms with Crippen molar-refractivity contribution in [1.29, 1.82) is 0 Å². The van der Waals surface area contributed by atoms with Crippen molar-refractivity contribution < 1.29 is 14.1 Å². The fraction of sp³-hybridized carbons (Fsp3) is 0.458. The van der Waals surface area contributed by atoms with Gasteiger partial charge in [-0.2, -0.15) is 0 Å². The highest BCUT2D eigenvalue weighted by atomic mass is 32.2. The van der Waals surface area contributed by atoms with Gasteiger partial charge in [0.2, 0.25) is 0 Å². The minimum absolute atomic E-state index is 0.170. The second-order valence-corrected chi connectivity index (χ2v) is 9.73. The molecule has 1 aliphatic rings. The molecular weight excluding hydrogens is 382 g/mol. The molecule has 1 aliphatic heterocycles. The molecule has 0 aliphatic carbocycles. The molecule has 2 unspecified atom stereocenters. The highest BCUT2D eigenvalue weighted by Gasteiger charge is 2.28. The van der Waals surface area contributed by atoms with Gasteiger partial charge in [0.15, 0.2) is 0 Å². The van der Waals surface area contributed by atoms with E-state index in [0.717, 1.165) is 36.1 Å². The van der Waals surface area contributed by atoms with Crippen molar-refractivity contribution in [1.82, 2.24) is 4.90 Å². The van der Waals surface area contributed by atoms with Crippen LogP contribution in [0.1, 0.15) is 45.9 Å². The summed E-state index contributed by atoms with van der Waals surface area (Å²) in [6.07, 6.45) is 1.63. The zero-order valence-electron chi connectivity index (χ0n) is 17.6. The maximum absolute atomic E-state index is 13.6. The van der Waals surface area contributed by atoms with Crippen LogP contribution < -0.4 is 0 Å². The summed E-state index contributed by atoms with van der Waals surface area (Å²) in [5.41, 5.74) is 5.79. The van der Waals surface area contributed by atoms with E-state index in [1.807, 2.05) is 18.2 Å². The summed E-state index contributed by atoms with van der Waals surface area (Å²) in [5.74, 6) is -0.481. The van der Waals surface area contributed by atoms with Crippen molar-refractivity contribution in [2.24, 2.45) is 5.92 Å². The molecule has 1 heterocycles. The van der Waals surface area contributed by atoms with Gasteiger partial charge < -0.3 is 10.0 Å². The largest absolute Gasteiger partial charge is 0.481 e. The number of likely N-dealkylation sites (tertiary alicyclic amines) is 1. The van der Waals surface area contributed by atoms with E-state index >= 15 is 0 Å². The Morgan fingerprint density at radius 2 is 1.79 bits per heavy atom. The third-order valence-electron chi connectivity index (χ3n) is 6.13. The number of nitrogens with zero attached hydrogens (tertiary/aromatic N) is 1. The van der Waals surface area contributed by atoms with Crippen LogP contribution in [0.15, 0.2) is 42.5 Å². The second-order valence-electron chi connectivity index (χ2n) is 8.09. The van der Waals surface area contributed by atoms with Gasteiger partial charge in [-0.05, 0) is 68.0 Å². The third-order valence-corrected chi connectivity index (χ3v) is 7.74. The first kappa shape index (κ1) is 21.7. The minimum Gasteiger partial charge on any atom is -0.481 e. The van der Waals surface area contributed by atoms with Crippen LogP contribution in [0.3, 0.4) is 0 Å². The van der Waals surface area contributed by atoms with E-state index in [0.29, 0.717) is 18.8 Å². The molecule has 4 nitrogen and oxygen atoms in total. The Kier molecular flexibility index (Phi) is 7.25. The number of aliphatic carboxylic acids is 1. The average Bonchev–Trinajstić information content (AvgIpc) is 2.71. The number of aryl methyl sites for hydroxylation is 2. The third kappa shape index (κ3) is 5.14. The normalized spacial score (nSPS) is 19.6. The molecule has 1 fully saturated rings. The van der Waals surface area contributed by atoms with Gasteiger partial charge in [-0.3, -0.25) is 9.00 Å². The Labute approximate surface area is 176 Å². The summed E-state index contributed by atoms with van der Waals surface area (Å²) in [7, 11) is -1.10. The predicted octanol–water partition coefficient (Wildman–Crippen LogP) is 4.25. The first-order valence-electron chi connectivity index (χ1n) is 10.3. The molecule has 3 atom stereocenters. The van der Waals surface area contributed by atoms with E-state index < -0.39 is 16.8 Å². The number of rotatable bonds is 7. The van der Waals surface area contributed by atoms with Crippen molar-refractivity contribution in [3.63, 3.8) is 0 Å². The van der Waals surface area contributed by atoms with E-state index in [1.54, 1.807) is 0 Å². The molecule has 0 amide bonds. The smallest absolute Gasteiger partial charge is 0.307 e. The number of carbonyl (C=O) groups is 1. The predicted molar refractivity (Wildman–Crippen MR) is 119 cm³/mol. The Balaban J connectivity index is 1.83. The van der Waals surface area contributed by atoms with Crippen LogP contribution in [0, 0.1) is 26.7 Å². The van der Waals surface area contributed by atoms with Gasteiger partial charge in [-0.15, -0.1) is 0 Å². The lowest BCUT2D eigenvalue weighted by Gasteiger charge is -2.31. The van der Waals surface area contributed by atoms with Crippen LogP contribution in [0.5, 0.6) is 0 Å². The Morgan fingerprint density at radius 1 is 1.10 bits per heavy atom. The van der Waals surface area contributed by atoms with E-state index in [1.165, 1.54) is 11.1 Å². The first-order valence-corrected chi connectivity index (χ1v) is 11.7. The average molecular weight is 414 g/mol. The maximum Gasteiger partial charge on any atom is 0.307 e. The van der Waals surface area contributed by atoms with Gasteiger partial charge in [0.1, 0.15) is 0 Å². The number of benzene rings is 2. The number of piperidine rings is 1. The number of carboxylic acid groups (broad SMARTS) is 1.